The average molecular weight is 566 g/mol. The van der Waals surface area contributed by atoms with Gasteiger partial charge >= 0.3 is 6.03 Å². The van der Waals surface area contributed by atoms with Crippen LogP contribution in [0.15, 0.2) is 47.0 Å². The molecule has 1 aliphatic heterocycles. The quantitative estimate of drug-likeness (QED) is 0.350. The minimum atomic E-state index is -0.495. The molecule has 3 N–H and O–H groups in total. The van der Waals surface area contributed by atoms with Crippen LogP contribution in [-0.4, -0.2) is 78.0 Å². The van der Waals surface area contributed by atoms with Crippen molar-refractivity contribution in [2.24, 2.45) is 5.92 Å². The zero-order chi connectivity index (χ0) is 29.7. The number of nitrogens with one attached hydrogen (secondary N) is 2. The minimum Gasteiger partial charge on any atom is -0.497 e. The van der Waals surface area contributed by atoms with Crippen molar-refractivity contribution >= 4 is 23.3 Å². The predicted molar refractivity (Wildman–Crippen MR) is 156 cm³/mol. The summed E-state index contributed by atoms with van der Waals surface area (Å²) in [6.07, 6.45) is -0.236. The monoisotopic (exact) mass is 565 g/mol. The van der Waals surface area contributed by atoms with Gasteiger partial charge in [-0.15, -0.1) is 0 Å². The van der Waals surface area contributed by atoms with Crippen molar-refractivity contribution < 1.29 is 28.7 Å². The maximum atomic E-state index is 13.7. The third-order valence-corrected chi connectivity index (χ3v) is 7.30. The fourth-order valence-corrected chi connectivity index (χ4v) is 4.87. The fraction of sp³-hybridized carbons (Fsp3) is 0.433. The van der Waals surface area contributed by atoms with Crippen molar-refractivity contribution in [3.63, 3.8) is 0 Å². The summed E-state index contributed by atoms with van der Waals surface area (Å²) < 4.78 is 16.8. The normalized spacial score (nSPS) is 17.8. The number of benzene rings is 2. The predicted octanol–water partition coefficient (Wildman–Crippen LogP) is 4.30. The van der Waals surface area contributed by atoms with E-state index in [0.717, 1.165) is 11.3 Å². The molecule has 3 atom stereocenters. The van der Waals surface area contributed by atoms with Crippen LogP contribution in [0.2, 0.25) is 0 Å². The second-order valence-electron chi connectivity index (χ2n) is 10.7. The first-order valence-corrected chi connectivity index (χ1v) is 13.6. The number of amides is 3. The lowest BCUT2D eigenvalue weighted by molar-refractivity contribution is 0.0341. The lowest BCUT2D eigenvalue weighted by Gasteiger charge is -2.38. The van der Waals surface area contributed by atoms with E-state index in [1.807, 2.05) is 38.2 Å². The molecule has 0 spiro atoms. The molecule has 41 heavy (non-hydrogen) atoms. The third kappa shape index (κ3) is 7.17. The molecule has 4 rings (SSSR count). The Labute approximate surface area is 240 Å². The lowest BCUT2D eigenvalue weighted by Crippen LogP contribution is -2.49. The van der Waals surface area contributed by atoms with Gasteiger partial charge in [0.2, 0.25) is 0 Å². The Morgan fingerprint density at radius 2 is 1.95 bits per heavy atom. The van der Waals surface area contributed by atoms with Gasteiger partial charge in [-0.05, 0) is 63.7 Å². The zero-order valence-electron chi connectivity index (χ0n) is 24.4. The van der Waals surface area contributed by atoms with Crippen LogP contribution in [0.5, 0.6) is 11.5 Å². The number of carbonyl (C=O) groups is 2. The maximum absolute atomic E-state index is 13.7. The molecule has 3 amide bonds. The van der Waals surface area contributed by atoms with Crippen LogP contribution >= 0.6 is 0 Å². The van der Waals surface area contributed by atoms with Gasteiger partial charge in [-0.3, -0.25) is 9.69 Å². The standard InChI is InChI=1S/C30H39N5O6/c1-18-14-35(19(2)17-36)29(37)25-13-23(31-30(38)32-28-20(3)33-41-21(28)4)9-12-26(25)40-27(18)16-34(5)15-22-7-10-24(39-6)11-8-22/h7-13,18-19,27,36H,14-17H2,1-6H3,(H2,31,32,38)/t18-,19+,27+/m0/s1. The summed E-state index contributed by atoms with van der Waals surface area (Å²) in [6.45, 7) is 8.87. The molecule has 11 nitrogen and oxygen atoms in total. The molecule has 1 aromatic heterocycles. The van der Waals surface area contributed by atoms with Crippen molar-refractivity contribution in [1.29, 1.82) is 0 Å². The van der Waals surface area contributed by atoms with Gasteiger partial charge in [0.15, 0.2) is 5.76 Å². The first-order valence-electron chi connectivity index (χ1n) is 13.6. The number of fused-ring (bicyclic) bond motifs is 1. The number of aliphatic hydroxyl groups excluding tert-OH is 1. The summed E-state index contributed by atoms with van der Waals surface area (Å²) in [6, 6.07) is 12.1. The van der Waals surface area contributed by atoms with Gasteiger partial charge in [-0.2, -0.15) is 0 Å². The topological polar surface area (TPSA) is 129 Å². The van der Waals surface area contributed by atoms with Gasteiger partial charge in [0.25, 0.3) is 5.91 Å². The van der Waals surface area contributed by atoms with Crippen LogP contribution in [0, 0.1) is 19.8 Å². The van der Waals surface area contributed by atoms with Crippen molar-refractivity contribution in [1.82, 2.24) is 15.0 Å². The molecule has 2 heterocycles. The Balaban J connectivity index is 1.55. The van der Waals surface area contributed by atoms with Crippen molar-refractivity contribution in [3.05, 3.63) is 65.0 Å². The highest BCUT2D eigenvalue weighted by Gasteiger charge is 2.33. The molecule has 0 saturated carbocycles. The number of aliphatic hydroxyl groups is 1. The Morgan fingerprint density at radius 3 is 2.59 bits per heavy atom. The molecule has 11 heteroatoms. The van der Waals surface area contributed by atoms with E-state index in [2.05, 4.69) is 27.6 Å². The van der Waals surface area contributed by atoms with Crippen LogP contribution < -0.4 is 20.1 Å². The molecule has 220 valence electrons. The number of urea groups is 1. The highest BCUT2D eigenvalue weighted by atomic mass is 16.5. The maximum Gasteiger partial charge on any atom is 0.323 e. The Kier molecular flexibility index (Phi) is 9.51. The second kappa shape index (κ2) is 13.0. The first kappa shape index (κ1) is 29.9. The van der Waals surface area contributed by atoms with E-state index in [9.17, 15) is 14.7 Å². The number of aryl methyl sites for hydroxylation is 2. The van der Waals surface area contributed by atoms with Gasteiger partial charge < -0.3 is 34.6 Å². The Bertz CT molecular complexity index is 1340. The summed E-state index contributed by atoms with van der Waals surface area (Å²) in [7, 11) is 3.68. The molecule has 3 aromatic rings. The number of hydrogen-bond donors (Lipinski definition) is 3. The Hall–Kier alpha value is -4.09. The summed E-state index contributed by atoms with van der Waals surface area (Å²) in [5, 5.41) is 19.3. The van der Waals surface area contributed by atoms with E-state index in [0.29, 0.717) is 53.8 Å². The summed E-state index contributed by atoms with van der Waals surface area (Å²) in [5.41, 5.74) is 2.93. The first-order chi connectivity index (χ1) is 19.6. The van der Waals surface area contributed by atoms with E-state index in [1.165, 1.54) is 0 Å². The number of carbonyl (C=O) groups excluding carboxylic acids is 2. The fourth-order valence-electron chi connectivity index (χ4n) is 4.87. The van der Waals surface area contributed by atoms with E-state index in [-0.39, 0.29) is 24.5 Å². The highest BCUT2D eigenvalue weighted by Crippen LogP contribution is 2.31. The van der Waals surface area contributed by atoms with E-state index in [1.54, 1.807) is 44.1 Å². The molecule has 2 aromatic carbocycles. The SMILES string of the molecule is COc1ccc(CN(C)C[C@H]2Oc3ccc(NC(=O)Nc4c(C)noc4C)cc3C(=O)N([C@H](C)CO)C[C@@H]2C)cc1. The molecule has 0 saturated heterocycles. The molecule has 0 fully saturated rings. The number of rotatable bonds is 9. The van der Waals surface area contributed by atoms with Crippen molar-refractivity contribution in [2.75, 3.05) is 44.5 Å². The molecular weight excluding hydrogens is 526 g/mol. The number of methoxy groups -OCH3 is 1. The summed E-state index contributed by atoms with van der Waals surface area (Å²) >= 11 is 0. The molecule has 1 aliphatic rings. The molecule has 0 aliphatic carbocycles. The summed E-state index contributed by atoms with van der Waals surface area (Å²) in [5.74, 6) is 1.44. The van der Waals surface area contributed by atoms with Crippen molar-refractivity contribution in [3.8, 4) is 11.5 Å². The number of ether oxygens (including phenoxy) is 2. The van der Waals surface area contributed by atoms with E-state index in [4.69, 9.17) is 14.0 Å². The van der Waals surface area contributed by atoms with Crippen LogP contribution in [0.4, 0.5) is 16.2 Å². The average Bonchev–Trinajstić information content (AvgIpc) is 3.27. The molecule has 0 radical (unpaired) electrons. The van der Waals surface area contributed by atoms with E-state index >= 15 is 0 Å². The Morgan fingerprint density at radius 1 is 1.22 bits per heavy atom. The zero-order valence-corrected chi connectivity index (χ0v) is 24.4. The van der Waals surface area contributed by atoms with Crippen LogP contribution in [-0.2, 0) is 6.54 Å². The molecule has 0 bridgehead atoms. The molecule has 0 unspecified atom stereocenters. The minimum absolute atomic E-state index is 0.0157. The number of anilines is 2. The van der Waals surface area contributed by atoms with Gasteiger partial charge in [0, 0.05) is 31.2 Å². The lowest BCUT2D eigenvalue weighted by atomic mass is 9.99. The van der Waals surface area contributed by atoms with Crippen molar-refractivity contribution in [2.45, 2.75) is 46.4 Å². The largest absolute Gasteiger partial charge is 0.497 e. The second-order valence-corrected chi connectivity index (χ2v) is 10.7. The van der Waals surface area contributed by atoms with Gasteiger partial charge in [-0.1, -0.05) is 24.2 Å². The van der Waals surface area contributed by atoms with Crippen LogP contribution in [0.25, 0.3) is 0 Å². The third-order valence-electron chi connectivity index (χ3n) is 7.30. The van der Waals surface area contributed by atoms with Crippen LogP contribution in [0.3, 0.4) is 0 Å². The van der Waals surface area contributed by atoms with Gasteiger partial charge in [0.05, 0.1) is 25.3 Å². The highest BCUT2D eigenvalue weighted by molar-refractivity contribution is 6.03. The smallest absolute Gasteiger partial charge is 0.323 e. The van der Waals surface area contributed by atoms with Gasteiger partial charge in [0.1, 0.15) is 29.0 Å². The number of aromatic nitrogens is 1. The van der Waals surface area contributed by atoms with Crippen LogP contribution in [0.1, 0.15) is 41.2 Å². The number of hydrogen-bond acceptors (Lipinski definition) is 8. The summed E-state index contributed by atoms with van der Waals surface area (Å²) in [4.78, 5) is 30.3. The number of likely N-dealkylation sites (N-methyl/N-ethyl adjacent to an activating group) is 1. The van der Waals surface area contributed by atoms with Gasteiger partial charge in [-0.25, -0.2) is 4.79 Å². The molecular formula is C30H39N5O6. The number of nitrogens with zero attached hydrogens (tertiary/aromatic N) is 3. The van der Waals surface area contributed by atoms with E-state index < -0.39 is 12.1 Å².